The van der Waals surface area contributed by atoms with E-state index in [1.807, 2.05) is 36.1 Å². The van der Waals surface area contributed by atoms with E-state index in [-0.39, 0.29) is 34.6 Å². The van der Waals surface area contributed by atoms with Crippen molar-refractivity contribution in [3.8, 4) is 5.75 Å². The molecule has 1 fully saturated rings. The fourth-order valence-electron chi connectivity index (χ4n) is 3.65. The summed E-state index contributed by atoms with van der Waals surface area (Å²) in [4.78, 5) is 28.9. The molecule has 0 atom stereocenters. The lowest BCUT2D eigenvalue weighted by atomic mass is 10.1. The van der Waals surface area contributed by atoms with Crippen LogP contribution in [0.4, 0.5) is 5.69 Å². The summed E-state index contributed by atoms with van der Waals surface area (Å²) in [6.45, 7) is 4.11. The number of hydrogen-bond donors (Lipinski definition) is 2. The molecule has 3 rings (SSSR count). The van der Waals surface area contributed by atoms with E-state index in [0.29, 0.717) is 26.2 Å². The van der Waals surface area contributed by atoms with Crippen LogP contribution in [0.15, 0.2) is 47.4 Å². The van der Waals surface area contributed by atoms with Gasteiger partial charge in [0.15, 0.2) is 0 Å². The molecule has 0 bridgehead atoms. The molecule has 1 aliphatic heterocycles. The number of nitrogens with zero attached hydrogens (tertiary/aromatic N) is 2. The van der Waals surface area contributed by atoms with Crippen LogP contribution >= 0.6 is 0 Å². The number of anilines is 1. The molecule has 0 spiro atoms. The number of nitrogens with two attached hydrogens (primary N) is 1. The number of primary sulfonamides is 1. The van der Waals surface area contributed by atoms with Crippen molar-refractivity contribution < 1.29 is 22.7 Å². The minimum absolute atomic E-state index is 0.104. The summed E-state index contributed by atoms with van der Waals surface area (Å²) >= 11 is 0. The maximum Gasteiger partial charge on any atom is 0.257 e. The second kappa shape index (κ2) is 10.1. The van der Waals surface area contributed by atoms with E-state index >= 15 is 0 Å². The van der Waals surface area contributed by atoms with Crippen LogP contribution < -0.4 is 15.2 Å². The highest BCUT2D eigenvalue weighted by molar-refractivity contribution is 7.89. The second-order valence-corrected chi connectivity index (χ2v) is 9.10. The number of para-hydroxylation sites is 1. The molecule has 1 aliphatic rings. The van der Waals surface area contributed by atoms with Crippen molar-refractivity contribution in [2.75, 3.05) is 45.2 Å². The minimum Gasteiger partial charge on any atom is -0.496 e. The number of aryl methyl sites for hydroxylation is 1. The minimum atomic E-state index is -3.95. The predicted molar refractivity (Wildman–Crippen MR) is 121 cm³/mol. The lowest BCUT2D eigenvalue weighted by molar-refractivity contribution is -0.117. The molecule has 32 heavy (non-hydrogen) atoms. The number of carbonyl (C=O) groups excluding carboxylic acids is 2. The molecule has 10 heteroatoms. The van der Waals surface area contributed by atoms with Gasteiger partial charge in [0.05, 0.1) is 24.1 Å². The number of sulfonamides is 1. The Morgan fingerprint density at radius 2 is 1.78 bits per heavy atom. The number of hydrogen-bond acceptors (Lipinski definition) is 6. The zero-order chi connectivity index (χ0) is 23.3. The molecule has 172 valence electrons. The molecule has 2 aromatic rings. The van der Waals surface area contributed by atoms with Crippen LogP contribution in [0.25, 0.3) is 0 Å². The number of rotatable bonds is 7. The Labute approximate surface area is 188 Å². The molecule has 2 aromatic carbocycles. The molecule has 0 radical (unpaired) electrons. The average Bonchev–Trinajstić information content (AvgIpc) is 2.78. The Hall–Kier alpha value is -2.95. The van der Waals surface area contributed by atoms with Gasteiger partial charge < -0.3 is 15.0 Å². The summed E-state index contributed by atoms with van der Waals surface area (Å²) in [6.07, 6.45) is 0.827. The molecule has 0 unspecified atom stereocenters. The monoisotopic (exact) mass is 460 g/mol. The zero-order valence-corrected chi connectivity index (χ0v) is 19.0. The molecular weight excluding hydrogens is 432 g/mol. The van der Waals surface area contributed by atoms with Crippen molar-refractivity contribution in [1.82, 2.24) is 9.80 Å². The van der Waals surface area contributed by atoms with Crippen LogP contribution in [0.5, 0.6) is 5.75 Å². The van der Waals surface area contributed by atoms with Gasteiger partial charge >= 0.3 is 0 Å². The molecule has 2 amide bonds. The normalized spacial score (nSPS) is 14.8. The van der Waals surface area contributed by atoms with Crippen molar-refractivity contribution >= 4 is 27.5 Å². The molecule has 0 aliphatic carbocycles. The number of amides is 2. The van der Waals surface area contributed by atoms with Crippen LogP contribution in [0, 0.1) is 0 Å². The van der Waals surface area contributed by atoms with Crippen LogP contribution in [0.3, 0.4) is 0 Å². The van der Waals surface area contributed by atoms with Gasteiger partial charge in [-0.1, -0.05) is 25.1 Å². The van der Waals surface area contributed by atoms with Gasteiger partial charge in [-0.15, -0.1) is 0 Å². The third-order valence-electron chi connectivity index (χ3n) is 5.43. The molecule has 1 saturated heterocycles. The van der Waals surface area contributed by atoms with E-state index < -0.39 is 10.0 Å². The quantitative estimate of drug-likeness (QED) is 0.642. The van der Waals surface area contributed by atoms with Crippen molar-refractivity contribution in [3.05, 3.63) is 53.6 Å². The average molecular weight is 461 g/mol. The molecular formula is C22H28N4O5S. The number of methoxy groups -OCH3 is 1. The van der Waals surface area contributed by atoms with Crippen LogP contribution in [0.1, 0.15) is 22.8 Å². The topological polar surface area (TPSA) is 122 Å². The van der Waals surface area contributed by atoms with E-state index in [1.165, 1.54) is 25.3 Å². The highest BCUT2D eigenvalue weighted by atomic mass is 32.2. The Morgan fingerprint density at radius 3 is 2.41 bits per heavy atom. The summed E-state index contributed by atoms with van der Waals surface area (Å²) < 4.78 is 28.6. The van der Waals surface area contributed by atoms with Gasteiger partial charge in [-0.25, -0.2) is 13.6 Å². The van der Waals surface area contributed by atoms with Gasteiger partial charge in [0.2, 0.25) is 15.9 Å². The number of carbonyl (C=O) groups is 2. The van der Waals surface area contributed by atoms with E-state index in [0.717, 1.165) is 17.7 Å². The lowest BCUT2D eigenvalue weighted by Gasteiger charge is -2.34. The fraction of sp³-hybridized carbons (Fsp3) is 0.364. The summed E-state index contributed by atoms with van der Waals surface area (Å²) in [5.74, 6) is -0.166. The smallest absolute Gasteiger partial charge is 0.257 e. The first-order chi connectivity index (χ1) is 15.2. The number of piperazine rings is 1. The zero-order valence-electron chi connectivity index (χ0n) is 18.2. The van der Waals surface area contributed by atoms with E-state index in [2.05, 4.69) is 5.32 Å². The van der Waals surface area contributed by atoms with Gasteiger partial charge in [0.1, 0.15) is 5.75 Å². The summed E-state index contributed by atoms with van der Waals surface area (Å²) in [5.41, 5.74) is 2.03. The first-order valence-electron chi connectivity index (χ1n) is 10.3. The van der Waals surface area contributed by atoms with Crippen LogP contribution in [0.2, 0.25) is 0 Å². The third-order valence-corrected chi connectivity index (χ3v) is 6.34. The van der Waals surface area contributed by atoms with E-state index in [9.17, 15) is 18.0 Å². The van der Waals surface area contributed by atoms with E-state index in [1.54, 1.807) is 4.90 Å². The molecule has 3 N–H and O–H groups in total. The first-order valence-corrected chi connectivity index (χ1v) is 11.9. The van der Waals surface area contributed by atoms with Crippen molar-refractivity contribution in [2.45, 2.75) is 18.2 Å². The van der Waals surface area contributed by atoms with Gasteiger partial charge in [-0.05, 0) is 36.2 Å². The number of benzene rings is 2. The van der Waals surface area contributed by atoms with Crippen molar-refractivity contribution in [3.63, 3.8) is 0 Å². The Kier molecular flexibility index (Phi) is 7.49. The highest BCUT2D eigenvalue weighted by Gasteiger charge is 2.26. The lowest BCUT2D eigenvalue weighted by Crippen LogP contribution is -2.50. The second-order valence-electron chi connectivity index (χ2n) is 7.53. The maximum absolute atomic E-state index is 13.0. The van der Waals surface area contributed by atoms with E-state index in [4.69, 9.17) is 9.88 Å². The molecule has 0 saturated carbocycles. The number of nitrogens with one attached hydrogen (secondary N) is 1. The Morgan fingerprint density at radius 1 is 1.09 bits per heavy atom. The van der Waals surface area contributed by atoms with Gasteiger partial charge in [0, 0.05) is 31.9 Å². The van der Waals surface area contributed by atoms with Crippen molar-refractivity contribution in [1.29, 1.82) is 0 Å². The number of ether oxygens (including phenoxy) is 1. The Balaban J connectivity index is 1.61. The SMILES string of the molecule is CCc1ccccc1NC(=O)CN1CCN(C(=O)c2cc(S(N)(=O)=O)ccc2OC)CC1. The van der Waals surface area contributed by atoms with Gasteiger partial charge in [-0.3, -0.25) is 14.5 Å². The first kappa shape index (κ1) is 23.7. The van der Waals surface area contributed by atoms with Gasteiger partial charge in [-0.2, -0.15) is 0 Å². The third kappa shape index (κ3) is 5.64. The van der Waals surface area contributed by atoms with Gasteiger partial charge in [0.25, 0.3) is 5.91 Å². The molecule has 1 heterocycles. The fourth-order valence-corrected chi connectivity index (χ4v) is 4.19. The van der Waals surface area contributed by atoms with Crippen molar-refractivity contribution in [2.24, 2.45) is 5.14 Å². The maximum atomic E-state index is 13.0. The Bertz CT molecular complexity index is 1100. The van der Waals surface area contributed by atoms with Crippen LogP contribution in [-0.4, -0.2) is 69.9 Å². The van der Waals surface area contributed by atoms with Crippen LogP contribution in [-0.2, 0) is 21.2 Å². The summed E-state index contributed by atoms with van der Waals surface area (Å²) in [7, 11) is -2.53. The summed E-state index contributed by atoms with van der Waals surface area (Å²) in [5, 5.41) is 8.15. The molecule has 9 nitrogen and oxygen atoms in total. The highest BCUT2D eigenvalue weighted by Crippen LogP contribution is 2.24. The largest absolute Gasteiger partial charge is 0.496 e. The standard InChI is InChI=1S/C22H28N4O5S/c1-3-16-6-4-5-7-19(16)24-21(27)15-25-10-12-26(13-11-25)22(28)18-14-17(32(23,29)30)8-9-20(18)31-2/h4-9,14H,3,10-13,15H2,1-2H3,(H,24,27)(H2,23,29,30). The predicted octanol–water partition coefficient (Wildman–Crippen LogP) is 1.30. The summed E-state index contributed by atoms with van der Waals surface area (Å²) in [6, 6.07) is 11.7. The molecule has 0 aromatic heterocycles.